The quantitative estimate of drug-likeness (QED) is 0.702. The first-order valence-electron chi connectivity index (χ1n) is 5.25. The number of rotatable bonds is 2. The molecule has 2 unspecified atom stereocenters. The molecule has 13 heavy (non-hydrogen) atoms. The Balaban J connectivity index is 1.90. The van der Waals surface area contributed by atoms with E-state index in [1.807, 2.05) is 0 Å². The van der Waals surface area contributed by atoms with Gasteiger partial charge in [0, 0.05) is 24.2 Å². The molecule has 0 heterocycles. The lowest BCUT2D eigenvalue weighted by atomic mass is 10.1. The van der Waals surface area contributed by atoms with Gasteiger partial charge in [0.05, 0.1) is 0 Å². The molecule has 0 aromatic heterocycles. The van der Waals surface area contributed by atoms with Crippen LogP contribution in [0.15, 0.2) is 11.8 Å². The van der Waals surface area contributed by atoms with Crippen molar-refractivity contribution in [3.63, 3.8) is 0 Å². The average Bonchev–Trinajstić information content (AvgIpc) is 2.64. The molecule has 2 atom stereocenters. The number of hydrogen-bond acceptors (Lipinski definition) is 2. The highest BCUT2D eigenvalue weighted by atomic mass is 16.1. The number of carbonyl (C=O) groups excluding carboxylic acids is 1. The molecule has 0 amide bonds. The standard InChI is InChI=1S/C11H17NO/c1-8-3-2-4-11(8)12-9-5-6-10(13)7-9/h7-8,11-12H,2-6H2,1H3. The van der Waals surface area contributed by atoms with E-state index in [2.05, 4.69) is 12.2 Å². The maximum absolute atomic E-state index is 11.0. The highest BCUT2D eigenvalue weighted by molar-refractivity contribution is 5.92. The largest absolute Gasteiger partial charge is 0.385 e. The van der Waals surface area contributed by atoms with Crippen molar-refractivity contribution in [1.82, 2.24) is 5.32 Å². The molecule has 2 heteroatoms. The molecule has 2 aliphatic carbocycles. The molecule has 0 saturated heterocycles. The van der Waals surface area contributed by atoms with Crippen LogP contribution in [-0.2, 0) is 4.79 Å². The van der Waals surface area contributed by atoms with Crippen LogP contribution in [-0.4, -0.2) is 11.8 Å². The molecule has 0 aromatic rings. The van der Waals surface area contributed by atoms with E-state index in [0.717, 1.165) is 12.3 Å². The van der Waals surface area contributed by atoms with Crippen LogP contribution in [0.3, 0.4) is 0 Å². The monoisotopic (exact) mass is 179 g/mol. The Hall–Kier alpha value is -0.790. The Morgan fingerprint density at radius 2 is 2.23 bits per heavy atom. The molecule has 2 rings (SSSR count). The van der Waals surface area contributed by atoms with E-state index in [4.69, 9.17) is 0 Å². The molecule has 1 saturated carbocycles. The van der Waals surface area contributed by atoms with Crippen molar-refractivity contribution in [3.05, 3.63) is 11.8 Å². The molecule has 2 aliphatic rings. The lowest BCUT2D eigenvalue weighted by molar-refractivity contribution is -0.114. The van der Waals surface area contributed by atoms with Crippen LogP contribution in [0.2, 0.25) is 0 Å². The van der Waals surface area contributed by atoms with Crippen molar-refractivity contribution in [2.45, 2.75) is 45.1 Å². The van der Waals surface area contributed by atoms with Crippen molar-refractivity contribution in [2.75, 3.05) is 0 Å². The molecule has 1 N–H and O–H groups in total. The fraction of sp³-hybridized carbons (Fsp3) is 0.727. The fourth-order valence-corrected chi connectivity index (χ4v) is 2.31. The van der Waals surface area contributed by atoms with Crippen molar-refractivity contribution >= 4 is 5.78 Å². The van der Waals surface area contributed by atoms with Gasteiger partial charge in [-0.05, 0) is 25.2 Å². The summed E-state index contributed by atoms with van der Waals surface area (Å²) in [5.41, 5.74) is 1.17. The third-order valence-electron chi connectivity index (χ3n) is 3.21. The van der Waals surface area contributed by atoms with Crippen LogP contribution in [0, 0.1) is 5.92 Å². The smallest absolute Gasteiger partial charge is 0.157 e. The highest BCUT2D eigenvalue weighted by Gasteiger charge is 2.24. The second-order valence-electron chi connectivity index (χ2n) is 4.29. The number of ketones is 1. The molecule has 0 aliphatic heterocycles. The third kappa shape index (κ3) is 1.93. The zero-order chi connectivity index (χ0) is 9.26. The predicted octanol–water partition coefficient (Wildman–Crippen LogP) is 2.01. The van der Waals surface area contributed by atoms with Gasteiger partial charge in [-0.25, -0.2) is 0 Å². The number of carbonyl (C=O) groups is 1. The van der Waals surface area contributed by atoms with Crippen LogP contribution < -0.4 is 5.32 Å². The van der Waals surface area contributed by atoms with Crippen molar-refractivity contribution in [3.8, 4) is 0 Å². The normalized spacial score (nSPS) is 33.6. The van der Waals surface area contributed by atoms with Gasteiger partial charge >= 0.3 is 0 Å². The summed E-state index contributed by atoms with van der Waals surface area (Å²) < 4.78 is 0. The first-order valence-corrected chi connectivity index (χ1v) is 5.25. The van der Waals surface area contributed by atoms with Crippen LogP contribution in [0.1, 0.15) is 39.0 Å². The van der Waals surface area contributed by atoms with Gasteiger partial charge in [-0.2, -0.15) is 0 Å². The van der Waals surface area contributed by atoms with Crippen molar-refractivity contribution in [1.29, 1.82) is 0 Å². The Bertz CT molecular complexity index is 244. The maximum atomic E-state index is 11.0. The summed E-state index contributed by atoms with van der Waals surface area (Å²) in [5.74, 6) is 1.06. The number of nitrogens with one attached hydrogen (secondary N) is 1. The topological polar surface area (TPSA) is 29.1 Å². The van der Waals surface area contributed by atoms with E-state index in [9.17, 15) is 4.79 Å². The van der Waals surface area contributed by atoms with Crippen LogP contribution in [0.4, 0.5) is 0 Å². The second-order valence-corrected chi connectivity index (χ2v) is 4.29. The van der Waals surface area contributed by atoms with Gasteiger partial charge in [0.2, 0.25) is 0 Å². The lowest BCUT2D eigenvalue weighted by Gasteiger charge is -2.18. The lowest BCUT2D eigenvalue weighted by Crippen LogP contribution is -2.29. The molecule has 0 radical (unpaired) electrons. The molecular formula is C11H17NO. The minimum Gasteiger partial charge on any atom is -0.385 e. The van der Waals surface area contributed by atoms with E-state index in [-0.39, 0.29) is 5.78 Å². The van der Waals surface area contributed by atoms with E-state index < -0.39 is 0 Å². The summed E-state index contributed by atoms with van der Waals surface area (Å²) in [4.78, 5) is 11.0. The molecule has 0 spiro atoms. The Kier molecular flexibility index (Phi) is 2.38. The Morgan fingerprint density at radius 1 is 1.38 bits per heavy atom. The van der Waals surface area contributed by atoms with Gasteiger partial charge < -0.3 is 5.32 Å². The van der Waals surface area contributed by atoms with E-state index in [1.54, 1.807) is 6.08 Å². The summed E-state index contributed by atoms with van der Waals surface area (Å²) >= 11 is 0. The van der Waals surface area contributed by atoms with Gasteiger partial charge in [-0.1, -0.05) is 13.3 Å². The fourth-order valence-electron chi connectivity index (χ4n) is 2.31. The first kappa shape index (κ1) is 8.79. The van der Waals surface area contributed by atoms with Gasteiger partial charge in [0.15, 0.2) is 5.78 Å². The minimum atomic E-state index is 0.285. The average molecular weight is 179 g/mol. The molecule has 0 bridgehead atoms. The summed E-state index contributed by atoms with van der Waals surface area (Å²) in [6.45, 7) is 2.29. The third-order valence-corrected chi connectivity index (χ3v) is 3.21. The van der Waals surface area contributed by atoms with Gasteiger partial charge in [0.25, 0.3) is 0 Å². The van der Waals surface area contributed by atoms with E-state index in [1.165, 1.54) is 25.0 Å². The first-order chi connectivity index (χ1) is 6.25. The van der Waals surface area contributed by atoms with Crippen molar-refractivity contribution in [2.24, 2.45) is 5.92 Å². The van der Waals surface area contributed by atoms with E-state index >= 15 is 0 Å². The number of allylic oxidation sites excluding steroid dienone is 2. The summed E-state index contributed by atoms with van der Waals surface area (Å²) in [7, 11) is 0. The van der Waals surface area contributed by atoms with Gasteiger partial charge in [-0.3, -0.25) is 4.79 Å². The zero-order valence-corrected chi connectivity index (χ0v) is 8.18. The SMILES string of the molecule is CC1CCCC1NC1=CC(=O)CC1. The minimum absolute atomic E-state index is 0.285. The summed E-state index contributed by atoms with van der Waals surface area (Å²) in [5, 5.41) is 3.50. The van der Waals surface area contributed by atoms with E-state index in [0.29, 0.717) is 12.5 Å². The predicted molar refractivity (Wildman–Crippen MR) is 52.3 cm³/mol. The molecular weight excluding hydrogens is 162 g/mol. The maximum Gasteiger partial charge on any atom is 0.157 e. The Morgan fingerprint density at radius 3 is 2.77 bits per heavy atom. The second kappa shape index (κ2) is 3.52. The van der Waals surface area contributed by atoms with Crippen LogP contribution in [0.25, 0.3) is 0 Å². The summed E-state index contributed by atoms with van der Waals surface area (Å²) in [6.07, 6.45) is 7.36. The molecule has 1 fully saturated rings. The van der Waals surface area contributed by atoms with Crippen LogP contribution >= 0.6 is 0 Å². The Labute approximate surface area is 79.4 Å². The highest BCUT2D eigenvalue weighted by Crippen LogP contribution is 2.26. The molecule has 0 aromatic carbocycles. The van der Waals surface area contributed by atoms with Crippen LogP contribution in [0.5, 0.6) is 0 Å². The van der Waals surface area contributed by atoms with Gasteiger partial charge in [0.1, 0.15) is 0 Å². The number of hydrogen-bond donors (Lipinski definition) is 1. The zero-order valence-electron chi connectivity index (χ0n) is 8.18. The van der Waals surface area contributed by atoms with Crippen molar-refractivity contribution < 1.29 is 4.79 Å². The molecule has 72 valence electrons. The summed E-state index contributed by atoms with van der Waals surface area (Å²) in [6, 6.07) is 0.622. The molecule has 2 nitrogen and oxygen atoms in total. The van der Waals surface area contributed by atoms with Gasteiger partial charge in [-0.15, -0.1) is 0 Å².